The van der Waals surface area contributed by atoms with E-state index in [0.29, 0.717) is 0 Å². The summed E-state index contributed by atoms with van der Waals surface area (Å²) in [5.41, 5.74) is 12.9. The van der Waals surface area contributed by atoms with Gasteiger partial charge in [0.1, 0.15) is 0 Å². The zero-order valence-electron chi connectivity index (χ0n) is 9.93. The SMILES string of the molecule is Cc1cc(C)c2[nH]c3c(c2c1)CCCC3N. The van der Waals surface area contributed by atoms with E-state index >= 15 is 0 Å². The summed E-state index contributed by atoms with van der Waals surface area (Å²) >= 11 is 0. The van der Waals surface area contributed by atoms with Crippen LogP contribution in [0.3, 0.4) is 0 Å². The van der Waals surface area contributed by atoms with Crippen molar-refractivity contribution in [1.82, 2.24) is 4.98 Å². The predicted octanol–water partition coefficient (Wildman–Crippen LogP) is 3.12. The van der Waals surface area contributed by atoms with Crippen molar-refractivity contribution in [3.05, 3.63) is 34.5 Å². The molecule has 1 aliphatic rings. The Morgan fingerprint density at radius 1 is 1.31 bits per heavy atom. The number of aromatic nitrogens is 1. The molecule has 1 aromatic carbocycles. The summed E-state index contributed by atoms with van der Waals surface area (Å²) in [6.45, 7) is 4.33. The van der Waals surface area contributed by atoms with Crippen molar-refractivity contribution in [2.24, 2.45) is 5.73 Å². The number of hydrogen-bond acceptors (Lipinski definition) is 1. The Morgan fingerprint density at radius 3 is 2.94 bits per heavy atom. The van der Waals surface area contributed by atoms with Crippen molar-refractivity contribution in [3.63, 3.8) is 0 Å². The van der Waals surface area contributed by atoms with Crippen LogP contribution in [0.4, 0.5) is 0 Å². The number of aryl methyl sites for hydroxylation is 3. The summed E-state index contributed by atoms with van der Waals surface area (Å²) in [6.07, 6.45) is 3.50. The molecule has 2 heteroatoms. The van der Waals surface area contributed by atoms with Crippen molar-refractivity contribution in [3.8, 4) is 0 Å². The molecule has 16 heavy (non-hydrogen) atoms. The molecule has 2 nitrogen and oxygen atoms in total. The first-order valence-electron chi connectivity index (χ1n) is 6.04. The van der Waals surface area contributed by atoms with E-state index in [4.69, 9.17) is 5.73 Å². The molecular formula is C14H18N2. The van der Waals surface area contributed by atoms with Gasteiger partial charge in [-0.2, -0.15) is 0 Å². The van der Waals surface area contributed by atoms with Gasteiger partial charge in [-0.05, 0) is 50.3 Å². The molecule has 0 fully saturated rings. The zero-order chi connectivity index (χ0) is 11.3. The van der Waals surface area contributed by atoms with Gasteiger partial charge in [0, 0.05) is 22.6 Å². The van der Waals surface area contributed by atoms with Crippen LogP contribution in [0, 0.1) is 13.8 Å². The van der Waals surface area contributed by atoms with E-state index in [1.54, 1.807) is 0 Å². The molecule has 0 saturated heterocycles. The fraction of sp³-hybridized carbons (Fsp3) is 0.429. The van der Waals surface area contributed by atoms with Crippen LogP contribution < -0.4 is 5.73 Å². The molecule has 0 amide bonds. The summed E-state index contributed by atoms with van der Waals surface area (Å²) in [5, 5.41) is 1.39. The average molecular weight is 214 g/mol. The van der Waals surface area contributed by atoms with Crippen LogP contribution in [-0.2, 0) is 6.42 Å². The van der Waals surface area contributed by atoms with E-state index in [-0.39, 0.29) is 6.04 Å². The van der Waals surface area contributed by atoms with Crippen LogP contribution in [0.2, 0.25) is 0 Å². The molecule has 0 aliphatic heterocycles. The van der Waals surface area contributed by atoms with Crippen molar-refractivity contribution in [2.75, 3.05) is 0 Å². The fourth-order valence-corrected chi connectivity index (χ4v) is 2.96. The van der Waals surface area contributed by atoms with E-state index in [1.165, 1.54) is 46.1 Å². The molecule has 3 rings (SSSR count). The number of fused-ring (bicyclic) bond motifs is 3. The van der Waals surface area contributed by atoms with Crippen molar-refractivity contribution in [2.45, 2.75) is 39.2 Å². The monoisotopic (exact) mass is 214 g/mol. The molecule has 0 radical (unpaired) electrons. The Labute approximate surface area is 95.8 Å². The lowest BCUT2D eigenvalue weighted by Gasteiger charge is -2.18. The molecule has 0 saturated carbocycles. The molecular weight excluding hydrogens is 196 g/mol. The van der Waals surface area contributed by atoms with E-state index in [1.807, 2.05) is 0 Å². The predicted molar refractivity (Wildman–Crippen MR) is 67.6 cm³/mol. The van der Waals surface area contributed by atoms with Crippen LogP contribution in [0.1, 0.15) is 41.3 Å². The van der Waals surface area contributed by atoms with Crippen LogP contribution in [0.5, 0.6) is 0 Å². The molecule has 0 bridgehead atoms. The quantitative estimate of drug-likeness (QED) is 0.695. The molecule has 1 aliphatic carbocycles. The second-order valence-corrected chi connectivity index (χ2v) is 5.02. The third kappa shape index (κ3) is 1.30. The normalized spacial score (nSPS) is 20.1. The van der Waals surface area contributed by atoms with Gasteiger partial charge in [-0.3, -0.25) is 0 Å². The molecule has 1 heterocycles. The minimum absolute atomic E-state index is 0.204. The molecule has 1 unspecified atom stereocenters. The minimum atomic E-state index is 0.204. The lowest BCUT2D eigenvalue weighted by Crippen LogP contribution is -2.16. The maximum Gasteiger partial charge on any atom is 0.0489 e. The standard InChI is InChI=1S/C14H18N2/c1-8-6-9(2)13-11(7-8)10-4-3-5-12(15)14(10)16-13/h6-7,12,16H,3-5,15H2,1-2H3. The Kier molecular flexibility index (Phi) is 2.08. The Bertz CT molecular complexity index is 551. The fourth-order valence-electron chi connectivity index (χ4n) is 2.96. The van der Waals surface area contributed by atoms with Gasteiger partial charge >= 0.3 is 0 Å². The van der Waals surface area contributed by atoms with Gasteiger partial charge in [-0.15, -0.1) is 0 Å². The van der Waals surface area contributed by atoms with Crippen LogP contribution in [0.15, 0.2) is 12.1 Å². The van der Waals surface area contributed by atoms with Crippen molar-refractivity contribution in [1.29, 1.82) is 0 Å². The molecule has 3 N–H and O–H groups in total. The number of aromatic amines is 1. The van der Waals surface area contributed by atoms with Crippen LogP contribution in [-0.4, -0.2) is 4.98 Å². The van der Waals surface area contributed by atoms with E-state index in [2.05, 4.69) is 31.0 Å². The van der Waals surface area contributed by atoms with Gasteiger partial charge in [0.2, 0.25) is 0 Å². The number of H-pyrrole nitrogens is 1. The smallest absolute Gasteiger partial charge is 0.0489 e. The van der Waals surface area contributed by atoms with E-state index in [0.717, 1.165) is 6.42 Å². The maximum atomic E-state index is 6.17. The van der Waals surface area contributed by atoms with E-state index in [9.17, 15) is 0 Å². The summed E-state index contributed by atoms with van der Waals surface area (Å²) in [7, 11) is 0. The Hall–Kier alpha value is -1.28. The van der Waals surface area contributed by atoms with Crippen LogP contribution >= 0.6 is 0 Å². The van der Waals surface area contributed by atoms with Gasteiger partial charge in [0.05, 0.1) is 0 Å². The van der Waals surface area contributed by atoms with Gasteiger partial charge in [-0.1, -0.05) is 11.6 Å². The lowest BCUT2D eigenvalue weighted by atomic mass is 9.92. The number of nitrogens with one attached hydrogen (secondary N) is 1. The number of hydrogen-bond donors (Lipinski definition) is 2. The topological polar surface area (TPSA) is 41.8 Å². The summed E-state index contributed by atoms with van der Waals surface area (Å²) in [6, 6.07) is 4.72. The largest absolute Gasteiger partial charge is 0.357 e. The summed E-state index contributed by atoms with van der Waals surface area (Å²) < 4.78 is 0. The number of nitrogens with two attached hydrogens (primary N) is 1. The summed E-state index contributed by atoms with van der Waals surface area (Å²) in [4.78, 5) is 3.54. The van der Waals surface area contributed by atoms with E-state index < -0.39 is 0 Å². The second kappa shape index (κ2) is 3.36. The maximum absolute atomic E-state index is 6.17. The van der Waals surface area contributed by atoms with Gasteiger partial charge in [-0.25, -0.2) is 0 Å². The van der Waals surface area contributed by atoms with Crippen LogP contribution in [0.25, 0.3) is 10.9 Å². The van der Waals surface area contributed by atoms with Gasteiger partial charge < -0.3 is 10.7 Å². The Morgan fingerprint density at radius 2 is 2.12 bits per heavy atom. The molecule has 0 spiro atoms. The first-order chi connectivity index (χ1) is 7.66. The molecule has 1 aromatic heterocycles. The van der Waals surface area contributed by atoms with Gasteiger partial charge in [0.25, 0.3) is 0 Å². The zero-order valence-corrected chi connectivity index (χ0v) is 9.93. The highest BCUT2D eigenvalue weighted by atomic mass is 14.8. The minimum Gasteiger partial charge on any atom is -0.357 e. The third-order valence-corrected chi connectivity index (χ3v) is 3.70. The molecule has 84 valence electrons. The molecule has 1 atom stereocenters. The van der Waals surface area contributed by atoms with Crippen molar-refractivity contribution < 1.29 is 0 Å². The Balaban J connectivity index is 2.36. The lowest BCUT2D eigenvalue weighted by molar-refractivity contribution is 0.562. The van der Waals surface area contributed by atoms with Crippen molar-refractivity contribution >= 4 is 10.9 Å². The number of benzene rings is 1. The highest BCUT2D eigenvalue weighted by Crippen LogP contribution is 2.34. The highest BCUT2D eigenvalue weighted by molar-refractivity contribution is 5.88. The number of rotatable bonds is 0. The average Bonchev–Trinajstić information content (AvgIpc) is 2.59. The second-order valence-electron chi connectivity index (χ2n) is 5.02. The molecule has 2 aromatic rings. The highest BCUT2D eigenvalue weighted by Gasteiger charge is 2.21. The first-order valence-corrected chi connectivity index (χ1v) is 6.04. The summed E-state index contributed by atoms with van der Waals surface area (Å²) in [5.74, 6) is 0. The third-order valence-electron chi connectivity index (χ3n) is 3.70. The van der Waals surface area contributed by atoms with Gasteiger partial charge in [0.15, 0.2) is 0 Å². The first kappa shape index (κ1) is 9.91.